The lowest BCUT2D eigenvalue weighted by Crippen LogP contribution is -2.42. The third-order valence-corrected chi connectivity index (χ3v) is 5.25. The molecular weight excluding hydrogens is 346 g/mol. The smallest absolute Gasteiger partial charge is 0.198 e. The van der Waals surface area contributed by atoms with Crippen LogP contribution in [-0.2, 0) is 0 Å². The highest BCUT2D eigenvalue weighted by Crippen LogP contribution is 2.29. The number of amidine groups is 1. The second-order valence-electron chi connectivity index (χ2n) is 6.20. The Morgan fingerprint density at radius 3 is 3.04 bits per heavy atom. The van der Waals surface area contributed by atoms with Crippen molar-refractivity contribution < 1.29 is 1.41 Å². The van der Waals surface area contributed by atoms with Gasteiger partial charge in [0.2, 0.25) is 0 Å². The van der Waals surface area contributed by atoms with Crippen LogP contribution in [0.25, 0.3) is 0 Å². The van der Waals surface area contributed by atoms with E-state index in [2.05, 4.69) is 32.2 Å². The fraction of sp³-hybridized carbons (Fsp3) is 0.467. The van der Waals surface area contributed by atoms with Crippen LogP contribution in [0.4, 0.5) is 10.8 Å². The van der Waals surface area contributed by atoms with E-state index in [1.54, 1.807) is 6.20 Å². The molecule has 4 rings (SSSR count). The van der Waals surface area contributed by atoms with Crippen molar-refractivity contribution in [1.82, 2.24) is 20.0 Å². The first-order valence-electron chi connectivity index (χ1n) is 8.39. The SMILES string of the molecule is [2H]N1c2[nH]cc(Cl)c2C(N[C@H]2CN[C@@H](C)C2)=NC1Nc1cc(C)ns1. The van der Waals surface area contributed by atoms with Gasteiger partial charge in [0, 0.05) is 24.8 Å². The predicted molar refractivity (Wildman–Crippen MR) is 99.2 cm³/mol. The van der Waals surface area contributed by atoms with Crippen molar-refractivity contribution in [2.24, 2.45) is 4.99 Å². The Morgan fingerprint density at radius 1 is 1.46 bits per heavy atom. The van der Waals surface area contributed by atoms with E-state index < -0.39 is 6.29 Å². The topological polar surface area (TPSA) is 89.2 Å². The van der Waals surface area contributed by atoms with Gasteiger partial charge in [-0.2, -0.15) is 4.37 Å². The van der Waals surface area contributed by atoms with Crippen molar-refractivity contribution in [2.75, 3.05) is 17.2 Å². The van der Waals surface area contributed by atoms with Crippen LogP contribution in [0.15, 0.2) is 17.3 Å². The number of rotatable bonds is 3. The molecule has 2 aliphatic heterocycles. The molecule has 128 valence electrons. The van der Waals surface area contributed by atoms with E-state index in [1.165, 1.54) is 16.8 Å². The lowest BCUT2D eigenvalue weighted by atomic mass is 10.1. The van der Waals surface area contributed by atoms with Crippen LogP contribution in [0.5, 0.6) is 0 Å². The molecule has 9 heteroatoms. The normalized spacial score (nSPS) is 26.8. The molecule has 0 bridgehead atoms. The van der Waals surface area contributed by atoms with Gasteiger partial charge in [-0.1, -0.05) is 11.6 Å². The van der Waals surface area contributed by atoms with Crippen LogP contribution in [0, 0.1) is 6.92 Å². The number of aromatic amines is 1. The first-order chi connectivity index (χ1) is 12.0. The van der Waals surface area contributed by atoms with Crippen molar-refractivity contribution in [3.8, 4) is 0 Å². The lowest BCUT2D eigenvalue weighted by Gasteiger charge is -2.26. The molecule has 0 aromatic carbocycles. The van der Waals surface area contributed by atoms with Crippen molar-refractivity contribution in [3.05, 3.63) is 28.5 Å². The molecule has 0 spiro atoms. The first-order valence-corrected chi connectivity index (χ1v) is 9.09. The number of aliphatic imine (C=N–C) groups is 1. The monoisotopic (exact) mass is 366 g/mol. The zero-order valence-corrected chi connectivity index (χ0v) is 15.0. The minimum atomic E-state index is -0.559. The third kappa shape index (κ3) is 3.09. The van der Waals surface area contributed by atoms with Crippen molar-refractivity contribution in [2.45, 2.75) is 38.6 Å². The summed E-state index contributed by atoms with van der Waals surface area (Å²) in [5.41, 5.74) is 1.69. The molecule has 3 atom stereocenters. The van der Waals surface area contributed by atoms with Crippen LogP contribution in [0.3, 0.4) is 0 Å². The molecule has 0 aliphatic carbocycles. The van der Waals surface area contributed by atoms with E-state index in [4.69, 9.17) is 18.0 Å². The van der Waals surface area contributed by atoms with Crippen molar-refractivity contribution in [1.29, 1.82) is 0 Å². The number of anilines is 2. The number of aryl methyl sites for hydroxylation is 1. The number of nitrogens with zero attached hydrogens (tertiary/aromatic N) is 2. The number of halogens is 1. The highest BCUT2D eigenvalue weighted by Gasteiger charge is 2.28. The van der Waals surface area contributed by atoms with Gasteiger partial charge < -0.3 is 26.2 Å². The van der Waals surface area contributed by atoms with Gasteiger partial charge in [0.25, 0.3) is 0 Å². The maximum absolute atomic E-state index is 8.41. The van der Waals surface area contributed by atoms with E-state index in [1.807, 2.05) is 13.0 Å². The fourth-order valence-electron chi connectivity index (χ4n) is 3.03. The largest absolute Gasteiger partial charge is 0.366 e. The minimum absolute atomic E-state index is 0.288. The molecular formula is C15H20ClN7S. The molecule has 2 aromatic heterocycles. The average Bonchev–Trinajstić information content (AvgIpc) is 3.26. The maximum atomic E-state index is 8.41. The molecule has 2 aliphatic rings. The molecule has 0 radical (unpaired) electrons. The molecule has 1 fully saturated rings. The summed E-state index contributed by atoms with van der Waals surface area (Å²) < 4.78 is 12.7. The second-order valence-corrected chi connectivity index (χ2v) is 7.42. The number of hydrogen-bond acceptors (Lipinski definition) is 7. The molecule has 5 N–H and O–H groups in total. The van der Waals surface area contributed by atoms with Gasteiger partial charge in [-0.15, -0.1) is 0 Å². The molecule has 24 heavy (non-hydrogen) atoms. The molecule has 7 nitrogen and oxygen atoms in total. The lowest BCUT2D eigenvalue weighted by molar-refractivity contribution is 0.630. The quantitative estimate of drug-likeness (QED) is 0.575. The summed E-state index contributed by atoms with van der Waals surface area (Å²) in [4.78, 5) is 7.79. The van der Waals surface area contributed by atoms with Crippen molar-refractivity contribution in [3.63, 3.8) is 0 Å². The van der Waals surface area contributed by atoms with Gasteiger partial charge in [-0.25, -0.2) is 4.99 Å². The zero-order valence-electron chi connectivity index (χ0n) is 14.4. The Morgan fingerprint density at radius 2 is 2.33 bits per heavy atom. The molecule has 0 amide bonds. The fourth-order valence-corrected chi connectivity index (χ4v) is 3.94. The van der Waals surface area contributed by atoms with Gasteiger partial charge in [0.1, 0.15) is 16.7 Å². The highest BCUT2D eigenvalue weighted by atomic mass is 35.5. The van der Waals surface area contributed by atoms with Crippen LogP contribution < -0.4 is 21.3 Å². The first kappa shape index (κ1) is 14.6. The van der Waals surface area contributed by atoms with E-state index >= 15 is 0 Å². The number of H-pyrrole nitrogens is 1. The van der Waals surface area contributed by atoms with Crippen LogP contribution in [0.1, 0.15) is 24.6 Å². The maximum Gasteiger partial charge on any atom is 0.198 e. The number of aromatic nitrogens is 2. The molecule has 1 unspecified atom stereocenters. The summed E-state index contributed by atoms with van der Waals surface area (Å²) in [6, 6.07) is 2.71. The minimum Gasteiger partial charge on any atom is -0.366 e. The van der Waals surface area contributed by atoms with Gasteiger partial charge in [-0.05, 0) is 37.9 Å². The number of hydrogen-bond donors (Lipinski definition) is 5. The van der Waals surface area contributed by atoms with Crippen LogP contribution >= 0.6 is 23.1 Å². The van der Waals surface area contributed by atoms with Crippen LogP contribution in [0.2, 0.25) is 6.43 Å². The van der Waals surface area contributed by atoms with Gasteiger partial charge in [-0.3, -0.25) is 0 Å². The summed E-state index contributed by atoms with van der Waals surface area (Å²) in [5.74, 6) is 1.34. The molecule has 0 saturated carbocycles. The third-order valence-electron chi connectivity index (χ3n) is 4.14. The number of nitrogens with one attached hydrogen (secondary N) is 5. The van der Waals surface area contributed by atoms with E-state index in [0.717, 1.165) is 29.2 Å². The molecule has 1 saturated heterocycles. The van der Waals surface area contributed by atoms with Crippen molar-refractivity contribution >= 4 is 39.8 Å². The number of fused-ring (bicyclic) bond motifs is 1. The Hall–Kier alpha value is -1.77. The Bertz CT molecular complexity index is 804. The summed E-state index contributed by atoms with van der Waals surface area (Å²) in [5, 5.41) is 12.9. The van der Waals surface area contributed by atoms with Gasteiger partial charge in [0.15, 0.2) is 7.70 Å². The van der Waals surface area contributed by atoms with Gasteiger partial charge in [0.05, 0.1) is 16.3 Å². The summed E-state index contributed by atoms with van der Waals surface area (Å²) in [6.07, 6.45) is 2.16. The molecule has 2 aromatic rings. The predicted octanol–water partition coefficient (Wildman–Crippen LogP) is 2.34. The second kappa shape index (κ2) is 6.27. The van der Waals surface area contributed by atoms with Gasteiger partial charge >= 0.3 is 0 Å². The standard InChI is InChI=1S/C15H20ClN7S/c1-7-3-9(5-17-7)19-14-12-10(16)6-18-13(12)21-15(22-14)20-11-4-8(2)23-24-11/h4,6-7,9,15,17-18,20-21H,3,5H2,1-2H3,(H,19,22)/t7-,9+,15?/m0/s1/i/hD. The average molecular weight is 367 g/mol. The summed E-state index contributed by atoms with van der Waals surface area (Å²) >= 11 is 7.70. The zero-order chi connectivity index (χ0) is 17.6. The van der Waals surface area contributed by atoms with Crippen LogP contribution in [-0.4, -0.2) is 40.1 Å². The Labute approximate surface area is 150 Å². The summed E-state index contributed by atoms with van der Waals surface area (Å²) in [7, 11) is 0. The highest BCUT2D eigenvalue weighted by molar-refractivity contribution is 7.10. The Balaban J connectivity index is 1.62. The summed E-state index contributed by atoms with van der Waals surface area (Å²) in [6.45, 7) is 4.99. The Kier molecular flexibility index (Phi) is 3.80. The van der Waals surface area contributed by atoms with E-state index in [9.17, 15) is 0 Å². The van der Waals surface area contributed by atoms with E-state index in [0.29, 0.717) is 22.7 Å². The molecule has 4 heterocycles. The van der Waals surface area contributed by atoms with E-state index in [-0.39, 0.29) is 6.04 Å².